The molecule has 0 heterocycles. The fourth-order valence-corrected chi connectivity index (χ4v) is 3.62. The predicted octanol–water partition coefficient (Wildman–Crippen LogP) is 2.18. The Labute approximate surface area is 131 Å². The molecule has 0 aliphatic carbocycles. The summed E-state index contributed by atoms with van der Waals surface area (Å²) < 4.78 is 29.4. The van der Waals surface area contributed by atoms with Crippen LogP contribution >= 0.6 is 0 Å². The van der Waals surface area contributed by atoms with E-state index in [4.69, 9.17) is 4.74 Å². The Bertz CT molecular complexity index is 654. The van der Waals surface area contributed by atoms with E-state index in [1.165, 1.54) is 0 Å². The number of aliphatic hydroxyl groups excluding tert-OH is 1. The van der Waals surface area contributed by atoms with Gasteiger partial charge in [-0.15, -0.1) is 0 Å². The Balaban J connectivity index is 1.77. The summed E-state index contributed by atoms with van der Waals surface area (Å²) in [6.07, 6.45) is -1.02. The fourth-order valence-electron chi connectivity index (χ4n) is 2.12. The number of ether oxygens (including phenoxy) is 1. The second-order valence-corrected chi connectivity index (χ2v) is 7.30. The van der Waals surface area contributed by atoms with E-state index in [0.717, 1.165) is 11.1 Å². The predicted molar refractivity (Wildman–Crippen MR) is 86.0 cm³/mol. The zero-order valence-electron chi connectivity index (χ0n) is 12.3. The third kappa shape index (κ3) is 5.97. The van der Waals surface area contributed by atoms with Crippen LogP contribution in [0.25, 0.3) is 0 Å². The molecule has 0 fully saturated rings. The number of hydrogen-bond acceptors (Lipinski definition) is 4. The van der Waals surface area contributed by atoms with Crippen molar-refractivity contribution in [1.29, 1.82) is 0 Å². The third-order valence-corrected chi connectivity index (χ3v) is 4.76. The molecule has 1 atom stereocenters. The number of aliphatic hydroxyl groups is 1. The van der Waals surface area contributed by atoms with Gasteiger partial charge < -0.3 is 9.84 Å². The second kappa shape index (κ2) is 8.08. The number of hydrogen-bond donors (Lipinski definition) is 1. The highest BCUT2D eigenvalue weighted by Crippen LogP contribution is 2.08. The molecule has 5 heteroatoms. The van der Waals surface area contributed by atoms with Crippen molar-refractivity contribution in [2.24, 2.45) is 0 Å². The van der Waals surface area contributed by atoms with E-state index in [1.54, 1.807) is 24.3 Å². The summed E-state index contributed by atoms with van der Waals surface area (Å²) in [7, 11) is -3.36. The Kier molecular flexibility index (Phi) is 6.12. The van der Waals surface area contributed by atoms with Gasteiger partial charge in [0, 0.05) is 0 Å². The number of benzene rings is 2. The van der Waals surface area contributed by atoms with Crippen molar-refractivity contribution in [3.8, 4) is 0 Å². The summed E-state index contributed by atoms with van der Waals surface area (Å²) >= 11 is 0. The Morgan fingerprint density at radius 2 is 1.45 bits per heavy atom. The lowest BCUT2D eigenvalue weighted by molar-refractivity contribution is 0.0390. The minimum absolute atomic E-state index is 0.00289. The summed E-state index contributed by atoms with van der Waals surface area (Å²) in [5.74, 6) is -0.361. The van der Waals surface area contributed by atoms with E-state index < -0.39 is 15.9 Å². The molecule has 1 unspecified atom stereocenters. The van der Waals surface area contributed by atoms with E-state index in [0.29, 0.717) is 6.61 Å². The first kappa shape index (κ1) is 16.7. The standard InChI is InChI=1S/C17H20O4S/c18-17(12-21-11-15-7-3-1-4-8-15)14-22(19,20)13-16-9-5-2-6-10-16/h1-10,17-18H,11-14H2. The van der Waals surface area contributed by atoms with E-state index in [-0.39, 0.29) is 18.1 Å². The maximum absolute atomic E-state index is 12.0. The lowest BCUT2D eigenvalue weighted by Gasteiger charge is -2.12. The van der Waals surface area contributed by atoms with Crippen molar-refractivity contribution in [2.75, 3.05) is 12.4 Å². The van der Waals surface area contributed by atoms with Crippen molar-refractivity contribution in [3.05, 3.63) is 71.8 Å². The maximum Gasteiger partial charge on any atom is 0.157 e. The van der Waals surface area contributed by atoms with Crippen LogP contribution < -0.4 is 0 Å². The quantitative estimate of drug-likeness (QED) is 0.810. The van der Waals surface area contributed by atoms with Crippen molar-refractivity contribution in [3.63, 3.8) is 0 Å². The average Bonchev–Trinajstić information content (AvgIpc) is 2.48. The largest absolute Gasteiger partial charge is 0.390 e. The fraction of sp³-hybridized carbons (Fsp3) is 0.294. The van der Waals surface area contributed by atoms with Gasteiger partial charge >= 0.3 is 0 Å². The molecule has 1 N–H and O–H groups in total. The summed E-state index contributed by atoms with van der Waals surface area (Å²) in [4.78, 5) is 0. The van der Waals surface area contributed by atoms with Gasteiger partial charge in [-0.2, -0.15) is 0 Å². The number of sulfone groups is 1. The smallest absolute Gasteiger partial charge is 0.157 e. The van der Waals surface area contributed by atoms with E-state index in [1.807, 2.05) is 36.4 Å². The van der Waals surface area contributed by atoms with Crippen LogP contribution in [0, 0.1) is 0 Å². The van der Waals surface area contributed by atoms with Crippen LogP contribution in [0.3, 0.4) is 0 Å². The summed E-state index contributed by atoms with van der Waals surface area (Å²) in [5.41, 5.74) is 1.71. The monoisotopic (exact) mass is 320 g/mol. The first-order valence-corrected chi connectivity index (χ1v) is 8.91. The molecular formula is C17H20O4S. The maximum atomic E-state index is 12.0. The van der Waals surface area contributed by atoms with Gasteiger partial charge in [0.05, 0.1) is 30.8 Å². The van der Waals surface area contributed by atoms with Crippen LogP contribution in [-0.4, -0.2) is 32.0 Å². The molecule has 0 saturated carbocycles. The van der Waals surface area contributed by atoms with Crippen LogP contribution in [0.1, 0.15) is 11.1 Å². The first-order valence-electron chi connectivity index (χ1n) is 7.09. The number of rotatable bonds is 8. The van der Waals surface area contributed by atoms with Gasteiger partial charge in [0.15, 0.2) is 9.84 Å². The van der Waals surface area contributed by atoms with Crippen LogP contribution in [-0.2, 0) is 26.9 Å². The molecule has 0 bridgehead atoms. The topological polar surface area (TPSA) is 63.6 Å². The molecule has 0 radical (unpaired) electrons. The summed E-state index contributed by atoms with van der Waals surface area (Å²) in [6.45, 7) is 0.361. The lowest BCUT2D eigenvalue weighted by Crippen LogP contribution is -2.26. The second-order valence-electron chi connectivity index (χ2n) is 5.19. The SMILES string of the molecule is O=S(=O)(Cc1ccccc1)CC(O)COCc1ccccc1. The molecule has 0 aromatic heterocycles. The molecule has 0 aliphatic rings. The molecule has 0 spiro atoms. The zero-order valence-corrected chi connectivity index (χ0v) is 13.1. The lowest BCUT2D eigenvalue weighted by atomic mass is 10.2. The van der Waals surface area contributed by atoms with Gasteiger partial charge in [0.25, 0.3) is 0 Å². The Morgan fingerprint density at radius 1 is 0.909 bits per heavy atom. The van der Waals surface area contributed by atoms with Gasteiger partial charge in [-0.05, 0) is 11.1 Å². The minimum atomic E-state index is -3.36. The van der Waals surface area contributed by atoms with Crippen molar-refractivity contribution in [1.82, 2.24) is 0 Å². The van der Waals surface area contributed by atoms with Gasteiger partial charge in [-0.1, -0.05) is 60.7 Å². The van der Waals surface area contributed by atoms with Crippen molar-refractivity contribution < 1.29 is 18.3 Å². The highest BCUT2D eigenvalue weighted by Gasteiger charge is 2.18. The molecule has 0 saturated heterocycles. The molecule has 2 aromatic carbocycles. The van der Waals surface area contributed by atoms with Crippen LogP contribution in [0.4, 0.5) is 0 Å². The summed E-state index contributed by atoms with van der Waals surface area (Å²) in [5, 5.41) is 9.84. The Morgan fingerprint density at radius 3 is 2.05 bits per heavy atom. The van der Waals surface area contributed by atoms with Gasteiger partial charge in [-0.3, -0.25) is 0 Å². The van der Waals surface area contributed by atoms with Crippen molar-refractivity contribution in [2.45, 2.75) is 18.5 Å². The molecule has 0 amide bonds. The van der Waals surface area contributed by atoms with Gasteiger partial charge in [0.2, 0.25) is 0 Å². The molecule has 22 heavy (non-hydrogen) atoms. The van der Waals surface area contributed by atoms with Crippen LogP contribution in [0.2, 0.25) is 0 Å². The van der Waals surface area contributed by atoms with Crippen LogP contribution in [0.5, 0.6) is 0 Å². The average molecular weight is 320 g/mol. The molecule has 118 valence electrons. The van der Waals surface area contributed by atoms with Crippen LogP contribution in [0.15, 0.2) is 60.7 Å². The van der Waals surface area contributed by atoms with Gasteiger partial charge in [0.1, 0.15) is 0 Å². The van der Waals surface area contributed by atoms with E-state index in [2.05, 4.69) is 0 Å². The highest BCUT2D eigenvalue weighted by atomic mass is 32.2. The molecule has 0 aliphatic heterocycles. The zero-order chi connectivity index (χ0) is 15.8. The Hall–Kier alpha value is -1.69. The van der Waals surface area contributed by atoms with Crippen molar-refractivity contribution >= 4 is 9.84 Å². The normalized spacial score (nSPS) is 13.0. The molecule has 2 aromatic rings. The van der Waals surface area contributed by atoms with Gasteiger partial charge in [-0.25, -0.2) is 8.42 Å². The molecular weight excluding hydrogens is 300 g/mol. The third-order valence-electron chi connectivity index (χ3n) is 3.10. The van der Waals surface area contributed by atoms with E-state index in [9.17, 15) is 13.5 Å². The molecule has 4 nitrogen and oxygen atoms in total. The summed E-state index contributed by atoms with van der Waals surface area (Å²) in [6, 6.07) is 18.5. The first-order chi connectivity index (χ1) is 10.6. The molecule has 2 rings (SSSR count). The van der Waals surface area contributed by atoms with E-state index >= 15 is 0 Å². The highest BCUT2D eigenvalue weighted by molar-refractivity contribution is 7.90. The minimum Gasteiger partial charge on any atom is -0.390 e.